The van der Waals surface area contributed by atoms with E-state index in [1.165, 1.54) is 6.33 Å². The van der Waals surface area contributed by atoms with Gasteiger partial charge < -0.3 is 19.6 Å². The molecule has 0 radical (unpaired) electrons. The van der Waals surface area contributed by atoms with Crippen LogP contribution in [0.15, 0.2) is 65.6 Å². The number of carbonyl (C=O) groups is 1. The summed E-state index contributed by atoms with van der Waals surface area (Å²) in [5.74, 6) is -2.27. The summed E-state index contributed by atoms with van der Waals surface area (Å²) in [5, 5.41) is 3.36. The van der Waals surface area contributed by atoms with E-state index in [4.69, 9.17) is 10.5 Å². The van der Waals surface area contributed by atoms with Gasteiger partial charge in [0.05, 0.1) is 19.1 Å². The molecule has 0 saturated carbocycles. The molecule has 0 fully saturated rings. The van der Waals surface area contributed by atoms with Gasteiger partial charge in [-0.05, 0) is 42.0 Å². The van der Waals surface area contributed by atoms with Crippen molar-refractivity contribution in [3.05, 3.63) is 78.2 Å². The van der Waals surface area contributed by atoms with Crippen molar-refractivity contribution in [3.8, 4) is 22.8 Å². The molecule has 4 rings (SSSR count). The van der Waals surface area contributed by atoms with Crippen LogP contribution in [0.1, 0.15) is 23.1 Å². The maximum absolute atomic E-state index is 12.6. The highest BCUT2D eigenvalue weighted by atomic mass is 19.4. The highest BCUT2D eigenvalue weighted by molar-refractivity contribution is 5.85. The van der Waals surface area contributed by atoms with Gasteiger partial charge >= 0.3 is 12.1 Å². The van der Waals surface area contributed by atoms with Crippen LogP contribution in [0.3, 0.4) is 0 Å². The van der Waals surface area contributed by atoms with E-state index in [9.17, 15) is 18.0 Å². The number of rotatable bonds is 6. The minimum atomic E-state index is -4.71. The molecule has 2 aromatic heterocycles. The molecule has 0 saturated heterocycles. The molecule has 0 aliphatic carbocycles. The van der Waals surface area contributed by atoms with Gasteiger partial charge in [0, 0.05) is 17.4 Å². The Morgan fingerprint density at radius 3 is 2.38 bits per heavy atom. The first-order chi connectivity index (χ1) is 15.3. The summed E-state index contributed by atoms with van der Waals surface area (Å²) in [5.41, 5.74) is 7.73. The van der Waals surface area contributed by atoms with Crippen molar-refractivity contribution >= 4 is 5.91 Å². The van der Waals surface area contributed by atoms with Gasteiger partial charge in [-0.25, -0.2) is 4.98 Å². The fraction of sp³-hybridized carbons (Fsp3) is 0.143. The van der Waals surface area contributed by atoms with Crippen LogP contribution in [0.2, 0.25) is 0 Å². The molecule has 11 heteroatoms. The molecule has 164 valence electrons. The highest BCUT2D eigenvalue weighted by Crippen LogP contribution is 2.30. The predicted octanol–water partition coefficient (Wildman–Crippen LogP) is 3.57. The third kappa shape index (κ3) is 4.17. The molecule has 1 atom stereocenters. The lowest BCUT2D eigenvalue weighted by Crippen LogP contribution is -2.22. The summed E-state index contributed by atoms with van der Waals surface area (Å²) >= 11 is 0. The summed E-state index contributed by atoms with van der Waals surface area (Å²) < 4.78 is 49.0. The van der Waals surface area contributed by atoms with Gasteiger partial charge in [-0.3, -0.25) is 4.79 Å². The van der Waals surface area contributed by atoms with Crippen molar-refractivity contribution in [1.82, 2.24) is 19.7 Å². The highest BCUT2D eigenvalue weighted by Gasteiger charge is 2.38. The Bertz CT molecular complexity index is 1230. The molecule has 4 aromatic rings. The second-order valence-electron chi connectivity index (χ2n) is 6.78. The molecule has 0 bridgehead atoms. The molecule has 8 nitrogen and oxygen atoms in total. The summed E-state index contributed by atoms with van der Waals surface area (Å²) in [6.45, 7) is 0. The maximum atomic E-state index is 12.6. The molecule has 2 N–H and O–H groups in total. The summed E-state index contributed by atoms with van der Waals surface area (Å²) in [7, 11) is 1.54. The average molecular weight is 443 g/mol. The molecule has 1 unspecified atom stereocenters. The van der Waals surface area contributed by atoms with E-state index in [-0.39, 0.29) is 5.82 Å². The Kier molecular flexibility index (Phi) is 5.39. The molecule has 0 aliphatic heterocycles. The van der Waals surface area contributed by atoms with E-state index in [2.05, 4.69) is 19.6 Å². The zero-order chi connectivity index (χ0) is 22.9. The Morgan fingerprint density at radius 1 is 1.12 bits per heavy atom. The lowest BCUT2D eigenvalue weighted by molar-refractivity contribution is -0.159. The van der Waals surface area contributed by atoms with E-state index in [1.54, 1.807) is 66.4 Å². The summed E-state index contributed by atoms with van der Waals surface area (Å²) in [6, 6.07) is 13.3. The number of imidazole rings is 1. The Balaban J connectivity index is 1.58. The van der Waals surface area contributed by atoms with Gasteiger partial charge in [-0.15, -0.1) is 0 Å². The van der Waals surface area contributed by atoms with Crippen molar-refractivity contribution in [2.24, 2.45) is 5.73 Å². The van der Waals surface area contributed by atoms with Crippen LogP contribution in [0, 0.1) is 0 Å². The normalized spacial score (nSPS) is 12.5. The smallest absolute Gasteiger partial charge is 0.471 e. The number of hydrogen-bond acceptors (Lipinski definition) is 6. The predicted molar refractivity (Wildman–Crippen MR) is 106 cm³/mol. The van der Waals surface area contributed by atoms with Crippen LogP contribution in [0.4, 0.5) is 13.2 Å². The van der Waals surface area contributed by atoms with E-state index in [0.717, 1.165) is 0 Å². The monoisotopic (exact) mass is 443 g/mol. The Labute approximate surface area is 179 Å². The molecular formula is C21H16F3N5O3. The fourth-order valence-corrected chi connectivity index (χ4v) is 3.14. The summed E-state index contributed by atoms with van der Waals surface area (Å²) in [6.07, 6.45) is -1.54. The number of primary amides is 1. The number of carbonyl (C=O) groups excluding carboxylic acids is 1. The SMILES string of the molecule is COc1ccc(C(C(N)=O)c2cn(-c3ccc(-c4noc(C(F)(F)F)n4)cc3)cn2)cc1. The molecule has 32 heavy (non-hydrogen) atoms. The van der Waals surface area contributed by atoms with Crippen molar-refractivity contribution in [2.45, 2.75) is 12.1 Å². The largest absolute Gasteiger partial charge is 0.497 e. The topological polar surface area (TPSA) is 109 Å². The number of alkyl halides is 3. The Morgan fingerprint density at radius 2 is 1.81 bits per heavy atom. The third-order valence-corrected chi connectivity index (χ3v) is 4.72. The van der Waals surface area contributed by atoms with Crippen molar-refractivity contribution in [1.29, 1.82) is 0 Å². The van der Waals surface area contributed by atoms with Crippen molar-refractivity contribution in [3.63, 3.8) is 0 Å². The molecule has 0 spiro atoms. The first-order valence-electron chi connectivity index (χ1n) is 9.25. The van der Waals surface area contributed by atoms with Gasteiger partial charge in [0.1, 0.15) is 11.7 Å². The first-order valence-corrected chi connectivity index (χ1v) is 9.25. The van der Waals surface area contributed by atoms with Gasteiger partial charge in [0.15, 0.2) is 0 Å². The van der Waals surface area contributed by atoms with Crippen LogP contribution in [0.25, 0.3) is 17.1 Å². The van der Waals surface area contributed by atoms with E-state index in [0.29, 0.717) is 28.3 Å². The molecule has 1 amide bonds. The lowest BCUT2D eigenvalue weighted by atomic mass is 9.95. The third-order valence-electron chi connectivity index (χ3n) is 4.72. The maximum Gasteiger partial charge on any atom is 0.471 e. The van der Waals surface area contributed by atoms with Crippen molar-refractivity contribution < 1.29 is 27.2 Å². The average Bonchev–Trinajstić information content (AvgIpc) is 3.45. The number of nitrogens with zero attached hydrogens (tertiary/aromatic N) is 4. The molecular weight excluding hydrogens is 427 g/mol. The van der Waals surface area contributed by atoms with Crippen LogP contribution in [-0.2, 0) is 11.0 Å². The van der Waals surface area contributed by atoms with Gasteiger partial charge in [0.2, 0.25) is 11.7 Å². The van der Waals surface area contributed by atoms with Gasteiger partial charge in [0.25, 0.3) is 0 Å². The van der Waals surface area contributed by atoms with E-state index >= 15 is 0 Å². The number of nitrogens with two attached hydrogens (primary N) is 1. The second kappa shape index (κ2) is 8.17. The van der Waals surface area contributed by atoms with Crippen LogP contribution < -0.4 is 10.5 Å². The zero-order valence-corrected chi connectivity index (χ0v) is 16.6. The first kappa shape index (κ1) is 21.1. The van der Waals surface area contributed by atoms with Gasteiger partial charge in [-0.1, -0.05) is 17.3 Å². The van der Waals surface area contributed by atoms with Crippen LogP contribution in [0.5, 0.6) is 5.75 Å². The molecule has 2 heterocycles. The van der Waals surface area contributed by atoms with Gasteiger partial charge in [-0.2, -0.15) is 18.2 Å². The number of methoxy groups -OCH3 is 1. The van der Waals surface area contributed by atoms with E-state index in [1.807, 2.05) is 0 Å². The molecule has 0 aliphatic rings. The lowest BCUT2D eigenvalue weighted by Gasteiger charge is -2.12. The minimum absolute atomic E-state index is 0.177. The quantitative estimate of drug-likeness (QED) is 0.488. The standard InChI is InChI=1S/C21H16F3N5O3/c1-31-15-8-4-12(5-9-15)17(18(25)30)16-10-29(11-26-16)14-6-2-13(3-7-14)19-27-20(32-28-19)21(22,23)24/h2-11,17H,1H3,(H2,25,30). The Hall–Kier alpha value is -4.15. The number of amides is 1. The number of halogens is 3. The summed E-state index contributed by atoms with van der Waals surface area (Å²) in [4.78, 5) is 19.8. The molecule has 2 aromatic carbocycles. The fourth-order valence-electron chi connectivity index (χ4n) is 3.14. The zero-order valence-electron chi connectivity index (χ0n) is 16.6. The minimum Gasteiger partial charge on any atom is -0.497 e. The number of hydrogen-bond donors (Lipinski definition) is 1. The number of aromatic nitrogens is 4. The van der Waals surface area contributed by atoms with Crippen LogP contribution in [-0.4, -0.2) is 32.7 Å². The van der Waals surface area contributed by atoms with Crippen molar-refractivity contribution in [2.75, 3.05) is 7.11 Å². The number of ether oxygens (including phenoxy) is 1. The van der Waals surface area contributed by atoms with E-state index < -0.39 is 23.9 Å². The second-order valence-corrected chi connectivity index (χ2v) is 6.78. The number of benzene rings is 2. The van der Waals surface area contributed by atoms with Crippen LogP contribution >= 0.6 is 0 Å².